The first-order valence-electron chi connectivity index (χ1n) is 6.97. The van der Waals surface area contributed by atoms with Gasteiger partial charge in [-0.3, -0.25) is 4.40 Å². The Labute approximate surface area is 132 Å². The van der Waals surface area contributed by atoms with Crippen LogP contribution in [0.1, 0.15) is 0 Å². The third-order valence-electron chi connectivity index (χ3n) is 3.58. The molecule has 2 aromatic heterocycles. The second kappa shape index (κ2) is 5.28. The van der Waals surface area contributed by atoms with E-state index in [1.165, 1.54) is 0 Å². The topological polar surface area (TPSA) is 30.2 Å². The molecule has 0 aliphatic rings. The van der Waals surface area contributed by atoms with Gasteiger partial charge in [-0.1, -0.05) is 54.1 Å². The van der Waals surface area contributed by atoms with Crippen molar-refractivity contribution in [2.75, 3.05) is 0 Å². The summed E-state index contributed by atoms with van der Waals surface area (Å²) in [5, 5.41) is 0.725. The van der Waals surface area contributed by atoms with E-state index in [0.29, 0.717) is 5.78 Å². The largest absolute Gasteiger partial charge is 0.284 e. The fourth-order valence-electron chi connectivity index (χ4n) is 2.51. The fraction of sp³-hybridized carbons (Fsp3) is 0. The van der Waals surface area contributed by atoms with Gasteiger partial charge in [0.25, 0.3) is 0 Å². The van der Waals surface area contributed by atoms with Gasteiger partial charge in [-0.25, -0.2) is 9.97 Å². The highest BCUT2D eigenvalue weighted by Crippen LogP contribution is 2.26. The summed E-state index contributed by atoms with van der Waals surface area (Å²) >= 11 is 5.99. The van der Waals surface area contributed by atoms with Gasteiger partial charge in [0.05, 0.1) is 11.4 Å². The van der Waals surface area contributed by atoms with Crippen molar-refractivity contribution in [3.05, 3.63) is 78.1 Å². The molecule has 4 heteroatoms. The molecule has 4 aromatic rings. The number of halogens is 1. The number of imidazole rings is 1. The maximum atomic E-state index is 5.99. The first kappa shape index (κ1) is 13.0. The second-order valence-electron chi connectivity index (χ2n) is 5.00. The standard InChI is InChI=1S/C18H12ClN3/c19-15-8-6-14(7-9-15)17-12-16(13-4-2-1-3-5-13)21-18-20-10-11-22(17)18/h1-12H. The van der Waals surface area contributed by atoms with Crippen LogP contribution in [0.25, 0.3) is 28.3 Å². The molecular formula is C18H12ClN3. The second-order valence-corrected chi connectivity index (χ2v) is 5.43. The maximum absolute atomic E-state index is 5.99. The molecule has 0 fully saturated rings. The molecule has 2 aromatic carbocycles. The van der Waals surface area contributed by atoms with E-state index in [9.17, 15) is 0 Å². The van der Waals surface area contributed by atoms with Gasteiger partial charge >= 0.3 is 0 Å². The number of hydrogen-bond acceptors (Lipinski definition) is 2. The molecule has 0 amide bonds. The third-order valence-corrected chi connectivity index (χ3v) is 3.84. The highest BCUT2D eigenvalue weighted by molar-refractivity contribution is 6.30. The average Bonchev–Trinajstić information content (AvgIpc) is 3.04. The van der Waals surface area contributed by atoms with Crippen LogP contribution in [0.4, 0.5) is 0 Å². The molecule has 0 N–H and O–H groups in total. The van der Waals surface area contributed by atoms with E-state index >= 15 is 0 Å². The van der Waals surface area contributed by atoms with Crippen LogP contribution in [0, 0.1) is 0 Å². The van der Waals surface area contributed by atoms with Crippen LogP contribution in [-0.2, 0) is 0 Å². The Morgan fingerprint density at radius 3 is 2.41 bits per heavy atom. The molecule has 4 rings (SSSR count). The first-order valence-corrected chi connectivity index (χ1v) is 7.34. The number of hydrogen-bond donors (Lipinski definition) is 0. The van der Waals surface area contributed by atoms with E-state index in [2.05, 4.69) is 16.0 Å². The van der Waals surface area contributed by atoms with Gasteiger partial charge in [-0.05, 0) is 23.8 Å². The summed E-state index contributed by atoms with van der Waals surface area (Å²) in [6, 6.07) is 20.0. The molecule has 0 radical (unpaired) electrons. The SMILES string of the molecule is Clc1ccc(-c2cc(-c3ccccc3)nc3nccn23)cc1. The summed E-state index contributed by atoms with van der Waals surface area (Å²) in [5.74, 6) is 0.686. The van der Waals surface area contributed by atoms with Gasteiger partial charge in [0, 0.05) is 23.0 Å². The Bertz CT molecular complexity index is 928. The van der Waals surface area contributed by atoms with Gasteiger partial charge in [0.1, 0.15) is 0 Å². The molecule has 3 nitrogen and oxygen atoms in total. The van der Waals surface area contributed by atoms with Crippen LogP contribution in [0.5, 0.6) is 0 Å². The zero-order valence-electron chi connectivity index (χ0n) is 11.6. The molecule has 0 aliphatic heterocycles. The third kappa shape index (κ3) is 2.26. The minimum absolute atomic E-state index is 0.686. The van der Waals surface area contributed by atoms with Gasteiger partial charge < -0.3 is 0 Å². The summed E-state index contributed by atoms with van der Waals surface area (Å²) in [6.45, 7) is 0. The van der Waals surface area contributed by atoms with E-state index in [1.54, 1.807) is 6.20 Å². The molecule has 0 saturated carbocycles. The zero-order chi connectivity index (χ0) is 14.9. The fourth-order valence-corrected chi connectivity index (χ4v) is 2.63. The minimum Gasteiger partial charge on any atom is -0.284 e. The van der Waals surface area contributed by atoms with Crippen LogP contribution in [-0.4, -0.2) is 14.4 Å². The molecule has 22 heavy (non-hydrogen) atoms. The predicted molar refractivity (Wildman–Crippen MR) is 88.9 cm³/mol. The molecule has 0 atom stereocenters. The molecule has 0 aliphatic carbocycles. The lowest BCUT2D eigenvalue weighted by atomic mass is 10.1. The monoisotopic (exact) mass is 305 g/mol. The lowest BCUT2D eigenvalue weighted by Gasteiger charge is -2.09. The van der Waals surface area contributed by atoms with Gasteiger partial charge in [0.2, 0.25) is 5.78 Å². The Hall–Kier alpha value is -2.65. The Balaban J connectivity index is 1.97. The smallest absolute Gasteiger partial charge is 0.234 e. The minimum atomic E-state index is 0.686. The number of nitrogens with zero attached hydrogens (tertiary/aromatic N) is 3. The number of fused-ring (bicyclic) bond motifs is 1. The van der Waals surface area contributed by atoms with E-state index < -0.39 is 0 Å². The molecule has 106 valence electrons. The van der Waals surface area contributed by atoms with Crippen LogP contribution in [0.15, 0.2) is 73.1 Å². The highest BCUT2D eigenvalue weighted by Gasteiger charge is 2.09. The predicted octanol–water partition coefficient (Wildman–Crippen LogP) is 4.72. The number of benzene rings is 2. The van der Waals surface area contributed by atoms with Crippen LogP contribution in [0.2, 0.25) is 5.02 Å². The molecule has 0 saturated heterocycles. The van der Waals surface area contributed by atoms with E-state index in [1.807, 2.05) is 65.2 Å². The summed E-state index contributed by atoms with van der Waals surface area (Å²) in [7, 11) is 0. The molecule has 0 bridgehead atoms. The van der Waals surface area contributed by atoms with Gasteiger partial charge in [-0.2, -0.15) is 0 Å². The summed E-state index contributed by atoms with van der Waals surface area (Å²) < 4.78 is 1.98. The van der Waals surface area contributed by atoms with Crippen LogP contribution < -0.4 is 0 Å². The van der Waals surface area contributed by atoms with Crippen molar-refractivity contribution >= 4 is 17.4 Å². The lowest BCUT2D eigenvalue weighted by molar-refractivity contribution is 1.12. The van der Waals surface area contributed by atoms with Gasteiger partial charge in [-0.15, -0.1) is 0 Å². The van der Waals surface area contributed by atoms with Crippen molar-refractivity contribution in [1.82, 2.24) is 14.4 Å². The van der Waals surface area contributed by atoms with Crippen molar-refractivity contribution in [2.24, 2.45) is 0 Å². The zero-order valence-corrected chi connectivity index (χ0v) is 12.4. The Morgan fingerprint density at radius 1 is 0.864 bits per heavy atom. The van der Waals surface area contributed by atoms with Crippen LogP contribution in [0.3, 0.4) is 0 Å². The molecule has 0 unspecified atom stereocenters. The first-order chi connectivity index (χ1) is 10.8. The molecular weight excluding hydrogens is 294 g/mol. The van der Waals surface area contributed by atoms with E-state index in [4.69, 9.17) is 11.6 Å². The van der Waals surface area contributed by atoms with Crippen molar-refractivity contribution in [2.45, 2.75) is 0 Å². The summed E-state index contributed by atoms with van der Waals surface area (Å²) in [6.07, 6.45) is 3.68. The summed E-state index contributed by atoms with van der Waals surface area (Å²) in [5.41, 5.74) is 4.09. The van der Waals surface area contributed by atoms with E-state index in [0.717, 1.165) is 27.5 Å². The van der Waals surface area contributed by atoms with Crippen LogP contribution >= 0.6 is 11.6 Å². The van der Waals surface area contributed by atoms with Crippen molar-refractivity contribution < 1.29 is 0 Å². The Kier molecular flexibility index (Phi) is 3.13. The number of aromatic nitrogens is 3. The van der Waals surface area contributed by atoms with E-state index in [-0.39, 0.29) is 0 Å². The lowest BCUT2D eigenvalue weighted by Crippen LogP contribution is -1.96. The molecule has 2 heterocycles. The average molecular weight is 306 g/mol. The molecule has 0 spiro atoms. The normalized spacial score (nSPS) is 11.0. The summed E-state index contributed by atoms with van der Waals surface area (Å²) in [4.78, 5) is 8.97. The van der Waals surface area contributed by atoms with Crippen molar-refractivity contribution in [1.29, 1.82) is 0 Å². The Morgan fingerprint density at radius 2 is 1.64 bits per heavy atom. The van der Waals surface area contributed by atoms with Crippen molar-refractivity contribution in [3.63, 3.8) is 0 Å². The number of rotatable bonds is 2. The maximum Gasteiger partial charge on any atom is 0.234 e. The quantitative estimate of drug-likeness (QED) is 0.536. The van der Waals surface area contributed by atoms with Gasteiger partial charge in [0.15, 0.2) is 0 Å². The highest BCUT2D eigenvalue weighted by atomic mass is 35.5. The van der Waals surface area contributed by atoms with Crippen molar-refractivity contribution in [3.8, 4) is 22.5 Å².